The summed E-state index contributed by atoms with van der Waals surface area (Å²) in [7, 11) is 0. The van der Waals surface area contributed by atoms with Crippen LogP contribution in [0.3, 0.4) is 0 Å². The zero-order valence-corrected chi connectivity index (χ0v) is 11.7. The molecule has 0 saturated carbocycles. The first-order chi connectivity index (χ1) is 8.18. The Labute approximate surface area is 109 Å². The van der Waals surface area contributed by atoms with Crippen molar-refractivity contribution in [1.29, 1.82) is 0 Å². The van der Waals surface area contributed by atoms with Gasteiger partial charge in [-0.3, -0.25) is 0 Å². The summed E-state index contributed by atoms with van der Waals surface area (Å²) >= 11 is 1.99. The van der Waals surface area contributed by atoms with Gasteiger partial charge < -0.3 is 11.1 Å². The number of nitrogens with two attached hydrogens (primary N) is 1. The van der Waals surface area contributed by atoms with Crippen molar-refractivity contribution in [2.45, 2.75) is 38.5 Å². The Bertz CT molecular complexity index is 313. The van der Waals surface area contributed by atoms with Gasteiger partial charge >= 0.3 is 0 Å². The van der Waals surface area contributed by atoms with Crippen molar-refractivity contribution in [3.63, 3.8) is 0 Å². The lowest BCUT2D eigenvalue weighted by molar-refractivity contribution is 0.567. The number of hydrogen-bond donors (Lipinski definition) is 2. The van der Waals surface area contributed by atoms with Crippen molar-refractivity contribution >= 4 is 17.4 Å². The molecule has 17 heavy (non-hydrogen) atoms. The first-order valence-corrected chi connectivity index (χ1v) is 7.49. The minimum Gasteiger partial charge on any atom is -0.399 e. The third kappa shape index (κ3) is 7.29. The molecule has 1 rings (SSSR count). The van der Waals surface area contributed by atoms with Crippen LogP contribution in [-0.4, -0.2) is 18.3 Å². The maximum absolute atomic E-state index is 5.74. The Kier molecular flexibility index (Phi) is 7.13. The number of benzene rings is 1. The van der Waals surface area contributed by atoms with E-state index >= 15 is 0 Å². The van der Waals surface area contributed by atoms with E-state index in [1.165, 1.54) is 24.2 Å². The molecule has 2 nitrogen and oxygen atoms in total. The maximum Gasteiger partial charge on any atom is 0.0317 e. The van der Waals surface area contributed by atoms with Gasteiger partial charge in [-0.2, -0.15) is 11.8 Å². The van der Waals surface area contributed by atoms with Gasteiger partial charge in [-0.15, -0.1) is 0 Å². The first kappa shape index (κ1) is 14.4. The number of thioether (sulfide) groups is 1. The molecule has 0 saturated heterocycles. The van der Waals surface area contributed by atoms with Crippen molar-refractivity contribution in [3.05, 3.63) is 29.8 Å². The molecule has 0 heterocycles. The van der Waals surface area contributed by atoms with E-state index in [0.717, 1.165) is 18.0 Å². The summed E-state index contributed by atoms with van der Waals surface area (Å²) in [4.78, 5) is 0. The number of nitrogens with one attached hydrogen (secondary N) is 1. The lowest BCUT2D eigenvalue weighted by Crippen LogP contribution is -2.23. The summed E-state index contributed by atoms with van der Waals surface area (Å²) in [6.45, 7) is 5.51. The largest absolute Gasteiger partial charge is 0.399 e. The molecule has 0 aliphatic heterocycles. The SMILES string of the molecule is CC(C)NCCCCSCc1cccc(N)c1. The van der Waals surface area contributed by atoms with Crippen molar-refractivity contribution in [1.82, 2.24) is 5.32 Å². The summed E-state index contributed by atoms with van der Waals surface area (Å²) < 4.78 is 0. The summed E-state index contributed by atoms with van der Waals surface area (Å²) in [5.74, 6) is 2.30. The minimum atomic E-state index is 0.606. The molecule has 0 aliphatic rings. The highest BCUT2D eigenvalue weighted by Gasteiger charge is 1.95. The van der Waals surface area contributed by atoms with Gasteiger partial charge in [0.15, 0.2) is 0 Å². The van der Waals surface area contributed by atoms with Crippen molar-refractivity contribution in [2.75, 3.05) is 18.0 Å². The highest BCUT2D eigenvalue weighted by molar-refractivity contribution is 7.98. The van der Waals surface area contributed by atoms with E-state index in [1.54, 1.807) is 0 Å². The Balaban J connectivity index is 2.01. The van der Waals surface area contributed by atoms with E-state index in [2.05, 4.69) is 31.3 Å². The second-order valence-electron chi connectivity index (χ2n) is 4.61. The molecule has 0 amide bonds. The Morgan fingerprint density at radius 3 is 2.82 bits per heavy atom. The normalized spacial score (nSPS) is 11.0. The van der Waals surface area contributed by atoms with Gasteiger partial charge in [0.05, 0.1) is 0 Å². The summed E-state index contributed by atoms with van der Waals surface area (Å²) in [6, 6.07) is 8.77. The highest BCUT2D eigenvalue weighted by atomic mass is 32.2. The molecule has 1 aromatic carbocycles. The molecule has 0 aromatic heterocycles. The first-order valence-electron chi connectivity index (χ1n) is 6.34. The average Bonchev–Trinajstić information content (AvgIpc) is 2.27. The number of anilines is 1. The van der Waals surface area contributed by atoms with Gasteiger partial charge in [0, 0.05) is 17.5 Å². The predicted molar refractivity (Wildman–Crippen MR) is 79.4 cm³/mol. The van der Waals surface area contributed by atoms with Gasteiger partial charge in [0.2, 0.25) is 0 Å². The Morgan fingerprint density at radius 1 is 1.29 bits per heavy atom. The molecular formula is C14H24N2S. The third-order valence-electron chi connectivity index (χ3n) is 2.49. The Hall–Kier alpha value is -0.670. The molecule has 0 unspecified atom stereocenters. The van der Waals surface area contributed by atoms with Crippen LogP contribution in [0.2, 0.25) is 0 Å². The molecule has 0 bridgehead atoms. The summed E-state index contributed by atoms with van der Waals surface area (Å²) in [5, 5.41) is 3.44. The number of hydrogen-bond acceptors (Lipinski definition) is 3. The predicted octanol–water partition coefficient (Wildman–Crippen LogP) is 3.28. The van der Waals surface area contributed by atoms with Gasteiger partial charge in [-0.1, -0.05) is 26.0 Å². The molecule has 0 atom stereocenters. The van der Waals surface area contributed by atoms with Crippen LogP contribution in [0, 0.1) is 0 Å². The molecule has 0 fully saturated rings. The van der Waals surface area contributed by atoms with Crippen molar-refractivity contribution in [3.8, 4) is 0 Å². The zero-order chi connectivity index (χ0) is 12.5. The second-order valence-corrected chi connectivity index (χ2v) is 5.72. The number of nitrogen functional groups attached to an aromatic ring is 1. The van der Waals surface area contributed by atoms with Gasteiger partial charge in [-0.25, -0.2) is 0 Å². The maximum atomic E-state index is 5.74. The van der Waals surface area contributed by atoms with E-state index in [0.29, 0.717) is 6.04 Å². The average molecular weight is 252 g/mol. The van der Waals surface area contributed by atoms with Crippen molar-refractivity contribution < 1.29 is 0 Å². The molecule has 0 aliphatic carbocycles. The topological polar surface area (TPSA) is 38.0 Å². The van der Waals surface area contributed by atoms with Crippen molar-refractivity contribution in [2.24, 2.45) is 0 Å². The van der Waals surface area contributed by atoms with Gasteiger partial charge in [0.1, 0.15) is 0 Å². The summed E-state index contributed by atoms with van der Waals surface area (Å²) in [6.07, 6.45) is 2.55. The summed E-state index contributed by atoms with van der Waals surface area (Å²) in [5.41, 5.74) is 7.93. The second kappa shape index (κ2) is 8.43. The quantitative estimate of drug-likeness (QED) is 0.551. The number of unbranched alkanes of at least 4 members (excludes halogenated alkanes) is 1. The lowest BCUT2D eigenvalue weighted by Gasteiger charge is -2.07. The number of rotatable bonds is 8. The molecule has 96 valence electrons. The van der Waals surface area contributed by atoms with Gasteiger partial charge in [-0.05, 0) is 42.8 Å². The molecule has 0 spiro atoms. The van der Waals surface area contributed by atoms with E-state index in [9.17, 15) is 0 Å². The zero-order valence-electron chi connectivity index (χ0n) is 10.9. The van der Waals surface area contributed by atoms with Crippen LogP contribution in [0.25, 0.3) is 0 Å². The molecule has 3 heteroatoms. The minimum absolute atomic E-state index is 0.606. The fraction of sp³-hybridized carbons (Fsp3) is 0.571. The highest BCUT2D eigenvalue weighted by Crippen LogP contribution is 2.15. The molecule has 3 N–H and O–H groups in total. The molecule has 1 aromatic rings. The standard InChI is InChI=1S/C14H24N2S/c1-12(2)16-8-3-4-9-17-11-13-6-5-7-14(15)10-13/h5-7,10,12,16H,3-4,8-9,11,15H2,1-2H3. The smallest absolute Gasteiger partial charge is 0.0317 e. The molecular weight excluding hydrogens is 228 g/mol. The van der Waals surface area contributed by atoms with Crippen LogP contribution < -0.4 is 11.1 Å². The monoisotopic (exact) mass is 252 g/mol. The van der Waals surface area contributed by atoms with Crippen LogP contribution in [0.15, 0.2) is 24.3 Å². The van der Waals surface area contributed by atoms with Crippen LogP contribution in [0.4, 0.5) is 5.69 Å². The van der Waals surface area contributed by atoms with Crippen LogP contribution in [-0.2, 0) is 5.75 Å². The van der Waals surface area contributed by atoms with E-state index in [4.69, 9.17) is 5.73 Å². The van der Waals surface area contributed by atoms with Crippen LogP contribution >= 0.6 is 11.8 Å². The lowest BCUT2D eigenvalue weighted by atomic mass is 10.2. The van der Waals surface area contributed by atoms with E-state index in [-0.39, 0.29) is 0 Å². The van der Waals surface area contributed by atoms with Gasteiger partial charge in [0.25, 0.3) is 0 Å². The van der Waals surface area contributed by atoms with E-state index < -0.39 is 0 Å². The third-order valence-corrected chi connectivity index (χ3v) is 3.60. The Morgan fingerprint density at radius 2 is 2.12 bits per heavy atom. The van der Waals surface area contributed by atoms with Crippen LogP contribution in [0.1, 0.15) is 32.3 Å². The van der Waals surface area contributed by atoms with E-state index in [1.807, 2.05) is 23.9 Å². The van der Waals surface area contributed by atoms with Crippen LogP contribution in [0.5, 0.6) is 0 Å². The molecule has 0 radical (unpaired) electrons. The fourth-order valence-corrected chi connectivity index (χ4v) is 2.56. The fourth-order valence-electron chi connectivity index (χ4n) is 1.59.